The highest BCUT2D eigenvalue weighted by molar-refractivity contribution is 7.87. The zero-order chi connectivity index (χ0) is 20.3. The van der Waals surface area contributed by atoms with Gasteiger partial charge in [0.25, 0.3) is 0 Å². The second-order valence-corrected chi connectivity index (χ2v) is 6.13. The first-order chi connectivity index (χ1) is 10.8. The number of amides is 2. The van der Waals surface area contributed by atoms with Gasteiger partial charge in [0, 0.05) is 0 Å². The molecule has 0 spiro atoms. The third-order valence-corrected chi connectivity index (χ3v) is 4.16. The highest BCUT2D eigenvalue weighted by Gasteiger charge is 2.87. The van der Waals surface area contributed by atoms with Crippen molar-refractivity contribution in [1.82, 2.24) is 0 Å². The average Bonchev–Trinajstić information content (AvgIpc) is 2.63. The van der Waals surface area contributed by atoms with Crippen molar-refractivity contribution in [2.45, 2.75) is 36.1 Å². The molecule has 0 saturated carbocycles. The van der Waals surface area contributed by atoms with E-state index < -0.39 is 62.9 Å². The van der Waals surface area contributed by atoms with Crippen LogP contribution in [0.4, 0.5) is 39.5 Å². The minimum atomic E-state index is -7.62. The van der Waals surface area contributed by atoms with E-state index in [1.165, 1.54) is 0 Å². The monoisotopic (exact) mass is 414 g/mol. The van der Waals surface area contributed by atoms with Crippen molar-refractivity contribution in [3.8, 4) is 0 Å². The molecule has 1 saturated heterocycles. The van der Waals surface area contributed by atoms with Crippen LogP contribution in [0.25, 0.3) is 0 Å². The Labute approximate surface area is 131 Å². The Bertz CT molecular complexity index is 683. The fraction of sp³-hybridized carbons (Fsp3) is 0.750. The molecule has 0 aromatic rings. The van der Waals surface area contributed by atoms with Crippen molar-refractivity contribution in [1.29, 1.82) is 0 Å². The molecule has 1 fully saturated rings. The first kappa shape index (κ1) is 21.6. The first-order valence-electron chi connectivity index (χ1n) is 5.60. The lowest BCUT2D eigenvalue weighted by atomic mass is 10.1. The summed E-state index contributed by atoms with van der Waals surface area (Å²) >= 11 is 0. The van der Waals surface area contributed by atoms with Crippen LogP contribution >= 0.6 is 0 Å². The highest BCUT2D eigenvalue weighted by atomic mass is 32.2. The van der Waals surface area contributed by atoms with Crippen molar-refractivity contribution in [3.05, 3.63) is 0 Å². The Kier molecular flexibility index (Phi) is 4.76. The minimum absolute atomic E-state index is 1.01. The van der Waals surface area contributed by atoms with Gasteiger partial charge in [0.05, 0.1) is 12.8 Å². The van der Waals surface area contributed by atoms with Crippen LogP contribution in [0.2, 0.25) is 0 Å². The van der Waals surface area contributed by atoms with Gasteiger partial charge in [-0.15, -0.1) is 0 Å². The van der Waals surface area contributed by atoms with Gasteiger partial charge in [-0.1, -0.05) is 0 Å². The van der Waals surface area contributed by atoms with E-state index in [1.807, 2.05) is 0 Å². The predicted octanol–water partition coefficient (Wildman–Crippen LogP) is 1.73. The van der Waals surface area contributed by atoms with Gasteiger partial charge in [-0.2, -0.15) is 53.1 Å². The Hall–Kier alpha value is -1.46. The quantitative estimate of drug-likeness (QED) is 0.319. The fourth-order valence-corrected chi connectivity index (χ4v) is 2.43. The molecule has 17 heteroatoms. The van der Waals surface area contributed by atoms with Gasteiger partial charge < -0.3 is 0 Å². The summed E-state index contributed by atoms with van der Waals surface area (Å²) in [6, 6.07) is 0. The van der Waals surface area contributed by atoms with Crippen LogP contribution in [0.1, 0.15) is 12.8 Å². The lowest BCUT2D eigenvalue weighted by Gasteiger charge is -2.32. The number of carbonyl (C=O) groups is 2. The van der Waals surface area contributed by atoms with E-state index >= 15 is 0 Å². The Balaban J connectivity index is 3.41. The molecule has 146 valence electrons. The summed E-state index contributed by atoms with van der Waals surface area (Å²) in [5, 5.41) is 1.91. The lowest BCUT2D eigenvalue weighted by molar-refractivity contribution is -1.11. The molecule has 1 aliphatic heterocycles. The molecule has 1 aliphatic rings. The van der Waals surface area contributed by atoms with Crippen LogP contribution < -0.4 is 0 Å². The van der Waals surface area contributed by atoms with Gasteiger partial charge in [0.1, 0.15) is 4.81 Å². The van der Waals surface area contributed by atoms with E-state index in [2.05, 4.69) is 4.28 Å². The third kappa shape index (κ3) is 2.87. The molecule has 0 aliphatic carbocycles. The second-order valence-electron chi connectivity index (χ2n) is 4.56. The maximum absolute atomic E-state index is 13.3. The molecule has 25 heavy (non-hydrogen) atoms. The third-order valence-electron chi connectivity index (χ3n) is 2.86. The summed E-state index contributed by atoms with van der Waals surface area (Å²) in [4.78, 5) is 18.7. The summed E-state index contributed by atoms with van der Waals surface area (Å²) < 4.78 is 139. The zero-order valence-corrected chi connectivity index (χ0v) is 12.0. The second kappa shape index (κ2) is 5.52. The van der Waals surface area contributed by atoms with E-state index in [9.17, 15) is 62.7 Å². The molecule has 2 amide bonds. The smallest absolute Gasteiger partial charge is 0.223 e. The normalized spacial score (nSPS) is 20.2. The molecule has 0 aromatic carbocycles. The van der Waals surface area contributed by atoms with E-state index in [0.29, 0.717) is 0 Å². The summed E-state index contributed by atoms with van der Waals surface area (Å²) in [7, 11) is -7.55. The molecule has 1 heterocycles. The number of nitrogens with zero attached hydrogens (tertiary/aromatic N) is 1. The van der Waals surface area contributed by atoms with Crippen LogP contribution in [0, 0.1) is 0 Å². The van der Waals surface area contributed by atoms with E-state index in [-0.39, 0.29) is 0 Å². The van der Waals surface area contributed by atoms with Crippen LogP contribution in [-0.4, -0.2) is 53.5 Å². The summed E-state index contributed by atoms with van der Waals surface area (Å²) in [5.41, 5.74) is 0. The number of quaternary nitrogens is 1. The van der Waals surface area contributed by atoms with Crippen LogP contribution in [0.3, 0.4) is 0 Å². The van der Waals surface area contributed by atoms with Gasteiger partial charge in [0.2, 0.25) is 0 Å². The van der Waals surface area contributed by atoms with Crippen molar-refractivity contribution >= 4 is 21.9 Å². The Morgan fingerprint density at radius 1 is 0.840 bits per heavy atom. The van der Waals surface area contributed by atoms with Crippen LogP contribution in [-0.2, 0) is 24.0 Å². The summed E-state index contributed by atoms with van der Waals surface area (Å²) in [6.45, 7) is 0. The lowest BCUT2D eigenvalue weighted by Crippen LogP contribution is -2.65. The molecule has 7 nitrogen and oxygen atoms in total. The molecule has 1 N–H and O–H groups in total. The molecule has 0 radical (unpaired) electrons. The van der Waals surface area contributed by atoms with E-state index in [4.69, 9.17) is 0 Å². The highest BCUT2D eigenvalue weighted by Crippen LogP contribution is 2.55. The zero-order valence-electron chi connectivity index (χ0n) is 11.2. The van der Waals surface area contributed by atoms with Gasteiger partial charge in [0.15, 0.2) is 0 Å². The van der Waals surface area contributed by atoms with Crippen molar-refractivity contribution in [2.24, 2.45) is 0 Å². The maximum atomic E-state index is 13.3. The topological polar surface area (TPSA) is 97.7 Å². The molecule has 0 unspecified atom stereocenters. The summed E-state index contributed by atoms with van der Waals surface area (Å²) in [5.74, 6) is -19.1. The molecule has 0 aromatic heterocycles. The number of halogens is 9. The van der Waals surface area contributed by atoms with Gasteiger partial charge in [-0.3, -0.25) is 0 Å². The van der Waals surface area contributed by atoms with Crippen molar-refractivity contribution < 1.29 is 71.8 Å². The van der Waals surface area contributed by atoms with Gasteiger partial charge >= 0.3 is 45.2 Å². The largest absolute Gasteiger partial charge is 0.460 e. The standard InChI is InChI=1S/C8H5F9NO6S/c9-5(10,7(13,14)15)6(11,12)8(16,17)25(22,23)24-18(21)3(19)1-2-4(18)20/h21H,1-2H2/q+1. The van der Waals surface area contributed by atoms with Crippen LogP contribution in [0.15, 0.2) is 0 Å². The number of rotatable bonds is 5. The molecule has 0 atom stereocenters. The fourth-order valence-electron chi connectivity index (χ4n) is 1.45. The van der Waals surface area contributed by atoms with E-state index in [0.717, 1.165) is 0 Å². The Morgan fingerprint density at radius 2 is 1.20 bits per heavy atom. The number of carbonyl (C=O) groups excluding carboxylic acids is 2. The molecular weight excluding hydrogens is 409 g/mol. The molecule has 1 rings (SSSR count). The summed E-state index contributed by atoms with van der Waals surface area (Å²) in [6.07, 6.45) is -9.32. The molecular formula is C8H5F9NO6S+. The predicted molar refractivity (Wildman–Crippen MR) is 52.2 cm³/mol. The van der Waals surface area contributed by atoms with Crippen molar-refractivity contribution in [2.75, 3.05) is 0 Å². The van der Waals surface area contributed by atoms with Crippen molar-refractivity contribution in [3.63, 3.8) is 0 Å². The van der Waals surface area contributed by atoms with Gasteiger partial charge in [-0.05, 0) is 4.28 Å². The number of imide groups is 1. The number of hydrogen-bond donors (Lipinski definition) is 1. The number of hydrogen-bond acceptors (Lipinski definition) is 6. The maximum Gasteiger partial charge on any atom is 0.460 e. The average molecular weight is 414 g/mol. The number of hydroxylamine groups is 4. The Morgan fingerprint density at radius 3 is 1.52 bits per heavy atom. The minimum Gasteiger partial charge on any atom is -0.223 e. The molecule has 0 bridgehead atoms. The van der Waals surface area contributed by atoms with E-state index in [1.54, 1.807) is 0 Å². The SMILES string of the molecule is O=C1CCC(=O)[N+]1(O)OS(=O)(=O)C(F)(F)C(F)(F)C(F)(F)C(F)(F)F. The first-order valence-corrected chi connectivity index (χ1v) is 7.01. The van der Waals surface area contributed by atoms with Gasteiger partial charge in [-0.25, -0.2) is 9.59 Å². The number of alkyl halides is 9. The van der Waals surface area contributed by atoms with Crippen LogP contribution in [0.5, 0.6) is 0 Å².